The molecule has 1 N–H and O–H groups in total. The number of aryl methyl sites for hydroxylation is 1. The molecule has 2 heterocycles. The first kappa shape index (κ1) is 24.1. The van der Waals surface area contributed by atoms with E-state index >= 15 is 0 Å². The van der Waals surface area contributed by atoms with Gasteiger partial charge in [0.05, 0.1) is 6.54 Å². The fourth-order valence-electron chi connectivity index (χ4n) is 5.10. The molecular formula is C29H29F2N3O2. The van der Waals surface area contributed by atoms with E-state index < -0.39 is 5.92 Å². The van der Waals surface area contributed by atoms with Crippen LogP contribution in [0, 0.1) is 0 Å². The molecule has 1 saturated heterocycles. The number of carbonyl (C=O) groups is 2. The van der Waals surface area contributed by atoms with E-state index in [1.54, 1.807) is 29.0 Å². The van der Waals surface area contributed by atoms with Gasteiger partial charge in [0.15, 0.2) is 0 Å². The highest BCUT2D eigenvalue weighted by atomic mass is 19.3. The summed E-state index contributed by atoms with van der Waals surface area (Å²) in [6.07, 6.45) is 1.53. The third-order valence-electron chi connectivity index (χ3n) is 7.00. The summed E-state index contributed by atoms with van der Waals surface area (Å²) >= 11 is 0. The predicted molar refractivity (Wildman–Crippen MR) is 137 cm³/mol. The van der Waals surface area contributed by atoms with Gasteiger partial charge in [-0.15, -0.1) is 0 Å². The molecule has 0 radical (unpaired) electrons. The van der Waals surface area contributed by atoms with E-state index in [-0.39, 0.29) is 24.8 Å². The SMILES string of the molecule is CN1C(=O)CCc2ccc(NC(=O)c3ccc(-c4ccccc4)c(CN4CCCC(F)(F)C4)c3)cc21. The summed E-state index contributed by atoms with van der Waals surface area (Å²) in [6, 6.07) is 20.8. The van der Waals surface area contributed by atoms with Gasteiger partial charge in [0.25, 0.3) is 11.8 Å². The number of hydrogen-bond acceptors (Lipinski definition) is 3. The standard InChI is InChI=1S/C29H29F2N3O2/c1-33-26-17-24(11-8-21(26)10-13-27(33)35)32-28(36)22-9-12-25(20-6-3-2-4-7-20)23(16-22)18-34-15-5-14-29(30,31)19-34/h2-4,6-9,11-12,16-17H,5,10,13-15,18-19H2,1H3,(H,32,36). The van der Waals surface area contributed by atoms with Crippen LogP contribution in [0.1, 0.15) is 40.7 Å². The molecule has 5 nitrogen and oxygen atoms in total. The normalized spacial score (nSPS) is 17.5. The molecule has 0 spiro atoms. The molecule has 3 aromatic rings. The lowest BCUT2D eigenvalue weighted by molar-refractivity contribution is -0.118. The van der Waals surface area contributed by atoms with Gasteiger partial charge in [0, 0.05) is 43.4 Å². The van der Waals surface area contributed by atoms with Gasteiger partial charge in [-0.3, -0.25) is 14.5 Å². The van der Waals surface area contributed by atoms with Crippen LogP contribution in [0.5, 0.6) is 0 Å². The van der Waals surface area contributed by atoms with Gasteiger partial charge in [-0.2, -0.15) is 0 Å². The van der Waals surface area contributed by atoms with Gasteiger partial charge in [-0.1, -0.05) is 42.5 Å². The Morgan fingerprint density at radius 2 is 1.83 bits per heavy atom. The summed E-state index contributed by atoms with van der Waals surface area (Å²) in [5.74, 6) is -2.93. The maximum Gasteiger partial charge on any atom is 0.260 e. The molecule has 36 heavy (non-hydrogen) atoms. The zero-order chi connectivity index (χ0) is 25.3. The number of nitrogens with zero attached hydrogens (tertiary/aromatic N) is 2. The van der Waals surface area contributed by atoms with Crippen molar-refractivity contribution in [2.75, 3.05) is 30.4 Å². The van der Waals surface area contributed by atoms with Gasteiger partial charge in [0.1, 0.15) is 0 Å². The molecule has 0 unspecified atom stereocenters. The predicted octanol–water partition coefficient (Wildman–Crippen LogP) is 5.75. The molecular weight excluding hydrogens is 460 g/mol. The van der Waals surface area contributed by atoms with Crippen LogP contribution in [0.15, 0.2) is 66.7 Å². The van der Waals surface area contributed by atoms with Crippen LogP contribution < -0.4 is 10.2 Å². The molecule has 0 saturated carbocycles. The smallest absolute Gasteiger partial charge is 0.260 e. The van der Waals surface area contributed by atoms with Gasteiger partial charge < -0.3 is 10.2 Å². The molecule has 1 fully saturated rings. The first-order valence-electron chi connectivity index (χ1n) is 12.3. The molecule has 3 aromatic carbocycles. The first-order chi connectivity index (χ1) is 17.3. The Balaban J connectivity index is 1.42. The Bertz CT molecular complexity index is 1290. The molecule has 0 bridgehead atoms. The van der Waals surface area contributed by atoms with Crippen molar-refractivity contribution in [1.29, 1.82) is 0 Å². The monoisotopic (exact) mass is 489 g/mol. The number of carbonyl (C=O) groups excluding carboxylic acids is 2. The molecule has 0 atom stereocenters. The summed E-state index contributed by atoms with van der Waals surface area (Å²) in [5.41, 5.74) is 5.67. The van der Waals surface area contributed by atoms with Gasteiger partial charge in [-0.05, 0) is 65.9 Å². The van der Waals surface area contributed by atoms with Crippen molar-refractivity contribution in [3.63, 3.8) is 0 Å². The second-order valence-electron chi connectivity index (χ2n) is 9.66. The summed E-state index contributed by atoms with van der Waals surface area (Å²) in [4.78, 5) is 28.7. The van der Waals surface area contributed by atoms with E-state index in [1.165, 1.54) is 0 Å². The molecule has 7 heteroatoms. The number of piperidine rings is 1. The molecule has 186 valence electrons. The van der Waals surface area contributed by atoms with Crippen LogP contribution in [0.3, 0.4) is 0 Å². The minimum absolute atomic E-state index is 0.0513. The van der Waals surface area contributed by atoms with Gasteiger partial charge in [0.2, 0.25) is 5.91 Å². The zero-order valence-corrected chi connectivity index (χ0v) is 20.3. The minimum atomic E-state index is -2.69. The number of anilines is 2. The number of amides is 2. The van der Waals surface area contributed by atoms with Gasteiger partial charge in [-0.25, -0.2) is 8.78 Å². The summed E-state index contributed by atoms with van der Waals surface area (Å²) < 4.78 is 28.1. The average molecular weight is 490 g/mol. The number of nitrogens with one attached hydrogen (secondary N) is 1. The number of likely N-dealkylation sites (tertiary alicyclic amines) is 1. The van der Waals surface area contributed by atoms with E-state index in [4.69, 9.17) is 0 Å². The number of hydrogen-bond donors (Lipinski definition) is 1. The van der Waals surface area contributed by atoms with E-state index in [2.05, 4.69) is 5.32 Å². The fraction of sp³-hybridized carbons (Fsp3) is 0.310. The van der Waals surface area contributed by atoms with Crippen molar-refractivity contribution in [2.24, 2.45) is 0 Å². The van der Waals surface area contributed by atoms with Gasteiger partial charge >= 0.3 is 0 Å². The Morgan fingerprint density at radius 3 is 2.61 bits per heavy atom. The third kappa shape index (κ3) is 5.16. The number of halogens is 2. The quantitative estimate of drug-likeness (QED) is 0.497. The maximum absolute atomic E-state index is 14.1. The lowest BCUT2D eigenvalue weighted by Gasteiger charge is -2.33. The minimum Gasteiger partial charge on any atom is -0.322 e. The van der Waals surface area contributed by atoms with Crippen molar-refractivity contribution >= 4 is 23.2 Å². The molecule has 0 aliphatic carbocycles. The van der Waals surface area contributed by atoms with E-state index in [0.717, 1.165) is 27.9 Å². The van der Waals surface area contributed by atoms with Crippen LogP contribution in [0.25, 0.3) is 11.1 Å². The van der Waals surface area contributed by atoms with E-state index in [1.807, 2.05) is 54.6 Å². The lowest BCUT2D eigenvalue weighted by atomic mass is 9.96. The number of alkyl halides is 2. The van der Waals surface area contributed by atoms with Crippen LogP contribution in [0.2, 0.25) is 0 Å². The second kappa shape index (κ2) is 9.82. The first-order valence-corrected chi connectivity index (χ1v) is 12.3. The van der Waals surface area contributed by atoms with Crippen LogP contribution in [-0.2, 0) is 17.8 Å². The summed E-state index contributed by atoms with van der Waals surface area (Å²) in [5, 5.41) is 2.94. The van der Waals surface area contributed by atoms with Crippen LogP contribution >= 0.6 is 0 Å². The largest absolute Gasteiger partial charge is 0.322 e. The highest BCUT2D eigenvalue weighted by Gasteiger charge is 2.35. The Labute approximate surface area is 209 Å². The fourth-order valence-corrected chi connectivity index (χ4v) is 5.10. The van der Waals surface area contributed by atoms with Crippen LogP contribution in [-0.4, -0.2) is 42.8 Å². The molecule has 2 aliphatic heterocycles. The molecule has 2 amide bonds. The Hall–Kier alpha value is -3.58. The Morgan fingerprint density at radius 1 is 1.03 bits per heavy atom. The molecule has 5 rings (SSSR count). The highest BCUT2D eigenvalue weighted by molar-refractivity contribution is 6.05. The number of rotatable bonds is 5. The Kier molecular flexibility index (Phi) is 6.58. The summed E-state index contributed by atoms with van der Waals surface area (Å²) in [7, 11) is 1.74. The highest BCUT2D eigenvalue weighted by Crippen LogP contribution is 2.32. The number of fused-ring (bicyclic) bond motifs is 1. The molecule has 2 aliphatic rings. The van der Waals surface area contributed by atoms with Crippen molar-refractivity contribution in [2.45, 2.75) is 38.2 Å². The van der Waals surface area contributed by atoms with Crippen LogP contribution in [0.4, 0.5) is 20.2 Å². The number of benzene rings is 3. The van der Waals surface area contributed by atoms with E-state index in [9.17, 15) is 18.4 Å². The van der Waals surface area contributed by atoms with Crippen molar-refractivity contribution < 1.29 is 18.4 Å². The zero-order valence-electron chi connectivity index (χ0n) is 20.3. The average Bonchev–Trinajstić information content (AvgIpc) is 2.86. The molecule has 0 aromatic heterocycles. The van der Waals surface area contributed by atoms with Crippen molar-refractivity contribution in [3.8, 4) is 11.1 Å². The second-order valence-corrected chi connectivity index (χ2v) is 9.66. The summed E-state index contributed by atoms with van der Waals surface area (Å²) in [6.45, 7) is 0.660. The lowest BCUT2D eigenvalue weighted by Crippen LogP contribution is -2.42. The van der Waals surface area contributed by atoms with Crippen molar-refractivity contribution in [1.82, 2.24) is 4.90 Å². The maximum atomic E-state index is 14.1. The topological polar surface area (TPSA) is 52.7 Å². The van der Waals surface area contributed by atoms with Crippen molar-refractivity contribution in [3.05, 3.63) is 83.4 Å². The third-order valence-corrected chi connectivity index (χ3v) is 7.00. The van der Waals surface area contributed by atoms with E-state index in [0.29, 0.717) is 43.6 Å².